The van der Waals surface area contributed by atoms with Crippen molar-refractivity contribution in [2.45, 2.75) is 33.2 Å². The van der Waals surface area contributed by atoms with Gasteiger partial charge in [-0.3, -0.25) is 4.68 Å². The summed E-state index contributed by atoms with van der Waals surface area (Å²) >= 11 is 0. The van der Waals surface area contributed by atoms with Crippen molar-refractivity contribution in [3.05, 3.63) is 41.7 Å². The van der Waals surface area contributed by atoms with Crippen LogP contribution in [-0.2, 0) is 19.4 Å². The molecule has 0 spiro atoms. The molecular weight excluding hydrogens is 267 g/mol. The van der Waals surface area contributed by atoms with Gasteiger partial charge in [0.1, 0.15) is 12.4 Å². The average Bonchev–Trinajstić information content (AvgIpc) is 2.90. The van der Waals surface area contributed by atoms with E-state index >= 15 is 0 Å². The van der Waals surface area contributed by atoms with E-state index < -0.39 is 7.12 Å². The summed E-state index contributed by atoms with van der Waals surface area (Å²) in [7, 11) is -1.44. The molecule has 0 saturated carbocycles. The Morgan fingerprint density at radius 1 is 1.14 bits per heavy atom. The number of nitrogens with zero attached hydrogens (tertiary/aromatic N) is 2. The van der Waals surface area contributed by atoms with Crippen LogP contribution in [0, 0.1) is 0 Å². The highest BCUT2D eigenvalue weighted by molar-refractivity contribution is 6.58. The first-order valence-corrected chi connectivity index (χ1v) is 7.28. The lowest BCUT2D eigenvalue weighted by Gasteiger charge is -2.09. The highest BCUT2D eigenvalue weighted by Gasteiger charge is 2.10. The number of benzene rings is 1. The number of hydrogen-bond acceptors (Lipinski definition) is 4. The van der Waals surface area contributed by atoms with Gasteiger partial charge >= 0.3 is 7.12 Å². The summed E-state index contributed by atoms with van der Waals surface area (Å²) in [6.45, 7) is 5.44. The lowest BCUT2D eigenvalue weighted by atomic mass is 9.80. The van der Waals surface area contributed by atoms with Crippen LogP contribution in [0.3, 0.4) is 0 Å². The molecule has 2 aromatic rings. The van der Waals surface area contributed by atoms with Crippen molar-refractivity contribution >= 4 is 12.6 Å². The van der Waals surface area contributed by atoms with E-state index in [1.165, 1.54) is 5.69 Å². The molecule has 0 radical (unpaired) electrons. The van der Waals surface area contributed by atoms with Gasteiger partial charge in [-0.2, -0.15) is 5.10 Å². The zero-order valence-electron chi connectivity index (χ0n) is 12.5. The molecule has 1 heterocycles. The van der Waals surface area contributed by atoms with Crippen LogP contribution >= 0.6 is 0 Å². The van der Waals surface area contributed by atoms with Gasteiger partial charge in [-0.25, -0.2) is 0 Å². The molecule has 112 valence electrons. The van der Waals surface area contributed by atoms with Crippen molar-refractivity contribution in [3.63, 3.8) is 0 Å². The van der Waals surface area contributed by atoms with E-state index in [1.807, 2.05) is 4.68 Å². The summed E-state index contributed by atoms with van der Waals surface area (Å²) in [5, 5.41) is 22.6. The van der Waals surface area contributed by atoms with Gasteiger partial charge in [-0.15, -0.1) is 0 Å². The maximum atomic E-state index is 9.03. The van der Waals surface area contributed by atoms with Crippen molar-refractivity contribution in [1.29, 1.82) is 0 Å². The van der Waals surface area contributed by atoms with Crippen LogP contribution in [0.15, 0.2) is 30.3 Å². The highest BCUT2D eigenvalue weighted by atomic mass is 16.5. The van der Waals surface area contributed by atoms with E-state index in [1.54, 1.807) is 24.3 Å². The molecule has 0 saturated heterocycles. The SMILES string of the molecule is CCc1cc(CC)n(CCOc2ccc(B(O)O)cc2)n1. The summed E-state index contributed by atoms with van der Waals surface area (Å²) in [6.07, 6.45) is 1.89. The molecule has 5 nitrogen and oxygen atoms in total. The van der Waals surface area contributed by atoms with Gasteiger partial charge in [0.2, 0.25) is 0 Å². The van der Waals surface area contributed by atoms with Gasteiger partial charge in [-0.05, 0) is 36.5 Å². The molecule has 1 aromatic carbocycles. The molecule has 0 atom stereocenters. The number of aryl methyl sites for hydroxylation is 2. The Morgan fingerprint density at radius 3 is 2.43 bits per heavy atom. The number of ether oxygens (including phenoxy) is 1. The van der Waals surface area contributed by atoms with E-state index in [9.17, 15) is 0 Å². The van der Waals surface area contributed by atoms with E-state index in [2.05, 4.69) is 25.0 Å². The smallest absolute Gasteiger partial charge is 0.488 e. The third kappa shape index (κ3) is 4.09. The molecule has 0 aliphatic heterocycles. The maximum absolute atomic E-state index is 9.03. The van der Waals surface area contributed by atoms with Crippen molar-refractivity contribution in [2.75, 3.05) is 6.61 Å². The fourth-order valence-electron chi connectivity index (χ4n) is 2.15. The van der Waals surface area contributed by atoms with Crippen molar-refractivity contribution < 1.29 is 14.8 Å². The third-order valence-corrected chi connectivity index (χ3v) is 3.39. The zero-order valence-corrected chi connectivity index (χ0v) is 12.5. The molecule has 6 heteroatoms. The molecule has 2 rings (SSSR count). The minimum absolute atomic E-state index is 0.454. The second-order valence-electron chi connectivity index (χ2n) is 4.85. The molecule has 0 fully saturated rings. The largest absolute Gasteiger partial charge is 0.492 e. The van der Waals surface area contributed by atoms with Crippen LogP contribution in [0.25, 0.3) is 0 Å². The third-order valence-electron chi connectivity index (χ3n) is 3.39. The molecule has 0 amide bonds. The van der Waals surface area contributed by atoms with E-state index in [-0.39, 0.29) is 0 Å². The van der Waals surface area contributed by atoms with E-state index in [4.69, 9.17) is 14.8 Å². The summed E-state index contributed by atoms with van der Waals surface area (Å²) in [4.78, 5) is 0. The number of aromatic nitrogens is 2. The first kappa shape index (κ1) is 15.6. The predicted octanol–water partition coefficient (Wildman–Crippen LogP) is 0.767. The van der Waals surface area contributed by atoms with Crippen molar-refractivity contribution in [1.82, 2.24) is 9.78 Å². The van der Waals surface area contributed by atoms with E-state index in [0.717, 1.165) is 18.5 Å². The van der Waals surface area contributed by atoms with Gasteiger partial charge in [-0.1, -0.05) is 26.0 Å². The highest BCUT2D eigenvalue weighted by Crippen LogP contribution is 2.09. The first-order chi connectivity index (χ1) is 10.1. The van der Waals surface area contributed by atoms with Crippen LogP contribution in [0.2, 0.25) is 0 Å². The summed E-state index contributed by atoms with van der Waals surface area (Å²) in [5.41, 5.74) is 2.78. The summed E-state index contributed by atoms with van der Waals surface area (Å²) in [5.74, 6) is 0.709. The molecule has 1 aromatic heterocycles. The van der Waals surface area contributed by atoms with Crippen LogP contribution in [0.4, 0.5) is 0 Å². The quantitative estimate of drug-likeness (QED) is 0.738. The van der Waals surface area contributed by atoms with Gasteiger partial charge in [0.25, 0.3) is 0 Å². The Kier molecular flexibility index (Phi) is 5.41. The number of rotatable bonds is 7. The maximum Gasteiger partial charge on any atom is 0.488 e. The monoisotopic (exact) mass is 288 g/mol. The van der Waals surface area contributed by atoms with Crippen LogP contribution < -0.4 is 10.2 Å². The molecular formula is C15H21BN2O3. The Labute approximate surface area is 125 Å². The van der Waals surface area contributed by atoms with Crippen LogP contribution in [0.5, 0.6) is 5.75 Å². The Balaban J connectivity index is 1.90. The Bertz CT molecular complexity index is 567. The summed E-state index contributed by atoms with van der Waals surface area (Å²) < 4.78 is 7.65. The molecule has 2 N–H and O–H groups in total. The summed E-state index contributed by atoms with van der Waals surface area (Å²) in [6, 6.07) is 8.88. The fraction of sp³-hybridized carbons (Fsp3) is 0.400. The lowest BCUT2D eigenvalue weighted by Crippen LogP contribution is -2.29. The molecule has 0 bridgehead atoms. The minimum atomic E-state index is -1.44. The van der Waals surface area contributed by atoms with Gasteiger partial charge in [0.05, 0.1) is 12.2 Å². The topological polar surface area (TPSA) is 67.5 Å². The van der Waals surface area contributed by atoms with Gasteiger partial charge < -0.3 is 14.8 Å². The zero-order chi connectivity index (χ0) is 15.2. The lowest BCUT2D eigenvalue weighted by molar-refractivity contribution is 0.289. The fourth-order valence-corrected chi connectivity index (χ4v) is 2.15. The van der Waals surface area contributed by atoms with Crippen molar-refractivity contribution in [3.8, 4) is 5.75 Å². The Hall–Kier alpha value is -1.79. The molecule has 0 aliphatic rings. The van der Waals surface area contributed by atoms with E-state index in [0.29, 0.717) is 24.4 Å². The van der Waals surface area contributed by atoms with Crippen LogP contribution in [0.1, 0.15) is 25.2 Å². The molecule has 0 unspecified atom stereocenters. The Morgan fingerprint density at radius 2 is 1.86 bits per heavy atom. The molecule has 21 heavy (non-hydrogen) atoms. The molecule has 0 aliphatic carbocycles. The number of hydrogen-bond donors (Lipinski definition) is 2. The van der Waals surface area contributed by atoms with Gasteiger partial charge in [0, 0.05) is 5.69 Å². The van der Waals surface area contributed by atoms with Crippen LogP contribution in [-0.4, -0.2) is 33.6 Å². The predicted molar refractivity (Wildman–Crippen MR) is 82.7 cm³/mol. The van der Waals surface area contributed by atoms with Crippen molar-refractivity contribution in [2.24, 2.45) is 0 Å². The second-order valence-corrected chi connectivity index (χ2v) is 4.85. The van der Waals surface area contributed by atoms with Gasteiger partial charge in [0.15, 0.2) is 0 Å². The standard InChI is InChI=1S/C15H21BN2O3/c1-3-13-11-14(4-2)18(17-13)9-10-21-15-7-5-12(6-8-15)16(19)20/h5-8,11,19-20H,3-4,9-10H2,1-2H3. The minimum Gasteiger partial charge on any atom is -0.492 e. The normalized spacial score (nSPS) is 10.7. The first-order valence-electron chi connectivity index (χ1n) is 7.28. The average molecular weight is 288 g/mol. The second kappa shape index (κ2) is 7.29.